The summed E-state index contributed by atoms with van der Waals surface area (Å²) in [6.45, 7) is 4.85. The van der Waals surface area contributed by atoms with Gasteiger partial charge in [0.15, 0.2) is 11.5 Å². The molecule has 0 spiro atoms. The zero-order valence-electron chi connectivity index (χ0n) is 15.8. The van der Waals surface area contributed by atoms with E-state index in [1.807, 2.05) is 19.1 Å². The molecule has 3 rings (SSSR count). The lowest BCUT2D eigenvalue weighted by molar-refractivity contribution is 0.110. The van der Waals surface area contributed by atoms with Gasteiger partial charge in [0.05, 0.1) is 22.8 Å². The molecule has 2 aromatic rings. The molecule has 1 atom stereocenters. The fourth-order valence-corrected chi connectivity index (χ4v) is 3.61. The van der Waals surface area contributed by atoms with Crippen LogP contribution in [0.2, 0.25) is 10.0 Å². The second-order valence-electron chi connectivity index (χ2n) is 6.63. The van der Waals surface area contributed by atoms with Gasteiger partial charge in [-0.2, -0.15) is 0 Å². The van der Waals surface area contributed by atoms with E-state index in [-0.39, 0.29) is 18.5 Å². The molecule has 1 heterocycles. The Morgan fingerprint density at radius 3 is 2.75 bits per heavy atom. The first-order valence-electron chi connectivity index (χ1n) is 9.41. The maximum absolute atomic E-state index is 13.2. The van der Waals surface area contributed by atoms with Crippen molar-refractivity contribution in [3.63, 3.8) is 0 Å². The molecule has 1 aliphatic heterocycles. The summed E-state index contributed by atoms with van der Waals surface area (Å²) >= 11 is 12.5. The molecule has 1 N–H and O–H groups in total. The Morgan fingerprint density at radius 2 is 2.04 bits per heavy atom. The predicted molar refractivity (Wildman–Crippen MR) is 109 cm³/mol. The van der Waals surface area contributed by atoms with Crippen LogP contribution in [0.5, 0.6) is 11.5 Å². The SMILES string of the molecule is CCOc1cc(CNC[C@H]2CCCO2)cc(Cl)c1OCc1ccc(F)cc1Cl. The third-order valence-corrected chi connectivity index (χ3v) is 5.11. The molecule has 152 valence electrons. The minimum absolute atomic E-state index is 0.162. The monoisotopic (exact) mass is 427 g/mol. The van der Waals surface area contributed by atoms with Gasteiger partial charge in [0.25, 0.3) is 0 Å². The maximum atomic E-state index is 13.2. The largest absolute Gasteiger partial charge is 0.490 e. The molecule has 1 aliphatic rings. The first-order valence-corrected chi connectivity index (χ1v) is 10.2. The Labute approximate surface area is 174 Å². The Hall–Kier alpha value is -1.53. The molecular formula is C21H24Cl2FNO3. The number of hydrogen-bond acceptors (Lipinski definition) is 4. The van der Waals surface area contributed by atoms with E-state index < -0.39 is 0 Å². The van der Waals surface area contributed by atoms with Crippen LogP contribution in [-0.2, 0) is 17.9 Å². The number of nitrogens with one attached hydrogen (secondary N) is 1. The summed E-state index contributed by atoms with van der Waals surface area (Å²) in [5.74, 6) is 0.635. The third-order valence-electron chi connectivity index (χ3n) is 4.48. The zero-order chi connectivity index (χ0) is 19.9. The fourth-order valence-electron chi connectivity index (χ4n) is 3.10. The van der Waals surface area contributed by atoms with E-state index in [1.165, 1.54) is 12.1 Å². The van der Waals surface area contributed by atoms with E-state index in [4.69, 9.17) is 37.4 Å². The summed E-state index contributed by atoms with van der Waals surface area (Å²) in [7, 11) is 0. The highest BCUT2D eigenvalue weighted by Gasteiger charge is 2.16. The molecule has 0 bridgehead atoms. The Bertz CT molecular complexity index is 797. The van der Waals surface area contributed by atoms with Crippen molar-refractivity contribution >= 4 is 23.2 Å². The van der Waals surface area contributed by atoms with E-state index in [0.717, 1.165) is 31.6 Å². The summed E-state index contributed by atoms with van der Waals surface area (Å²) < 4.78 is 30.4. The van der Waals surface area contributed by atoms with E-state index >= 15 is 0 Å². The van der Waals surface area contributed by atoms with Gasteiger partial charge in [-0.3, -0.25) is 0 Å². The zero-order valence-corrected chi connectivity index (χ0v) is 17.3. The molecule has 7 heteroatoms. The summed E-state index contributed by atoms with van der Waals surface area (Å²) in [5, 5.41) is 4.16. The second kappa shape index (κ2) is 10.3. The summed E-state index contributed by atoms with van der Waals surface area (Å²) in [4.78, 5) is 0. The minimum atomic E-state index is -0.387. The molecule has 0 saturated carbocycles. The number of halogens is 3. The van der Waals surface area contributed by atoms with E-state index in [1.54, 1.807) is 6.07 Å². The smallest absolute Gasteiger partial charge is 0.180 e. The van der Waals surface area contributed by atoms with Crippen LogP contribution in [0.15, 0.2) is 30.3 Å². The van der Waals surface area contributed by atoms with Crippen molar-refractivity contribution in [3.05, 3.63) is 57.3 Å². The minimum Gasteiger partial charge on any atom is -0.490 e. The molecule has 2 aromatic carbocycles. The molecule has 0 aromatic heterocycles. The average Bonchev–Trinajstić information content (AvgIpc) is 3.16. The highest BCUT2D eigenvalue weighted by molar-refractivity contribution is 6.32. The van der Waals surface area contributed by atoms with Crippen molar-refractivity contribution in [2.75, 3.05) is 19.8 Å². The van der Waals surface area contributed by atoms with Crippen LogP contribution in [0.3, 0.4) is 0 Å². The number of rotatable bonds is 9. The van der Waals surface area contributed by atoms with Crippen LogP contribution in [-0.4, -0.2) is 25.9 Å². The van der Waals surface area contributed by atoms with E-state index in [9.17, 15) is 4.39 Å². The summed E-state index contributed by atoms with van der Waals surface area (Å²) in [6, 6.07) is 7.97. The van der Waals surface area contributed by atoms with Gasteiger partial charge in [-0.05, 0) is 49.6 Å². The summed E-state index contributed by atoms with van der Waals surface area (Å²) in [5.41, 5.74) is 1.67. The number of benzene rings is 2. The van der Waals surface area contributed by atoms with Crippen LogP contribution in [0.4, 0.5) is 4.39 Å². The first-order chi connectivity index (χ1) is 13.6. The number of ether oxygens (including phenoxy) is 3. The fraction of sp³-hybridized carbons (Fsp3) is 0.429. The highest BCUT2D eigenvalue weighted by Crippen LogP contribution is 2.37. The Balaban J connectivity index is 1.67. The van der Waals surface area contributed by atoms with Crippen LogP contribution in [0.25, 0.3) is 0 Å². The van der Waals surface area contributed by atoms with Crippen molar-refractivity contribution in [2.45, 2.75) is 39.0 Å². The average molecular weight is 428 g/mol. The van der Waals surface area contributed by atoms with Gasteiger partial charge >= 0.3 is 0 Å². The lowest BCUT2D eigenvalue weighted by atomic mass is 10.2. The second-order valence-corrected chi connectivity index (χ2v) is 7.44. The topological polar surface area (TPSA) is 39.7 Å². The molecule has 1 saturated heterocycles. The van der Waals surface area contributed by atoms with E-state index in [2.05, 4.69) is 5.32 Å². The van der Waals surface area contributed by atoms with Gasteiger partial charge in [0.2, 0.25) is 0 Å². The third kappa shape index (κ3) is 5.74. The van der Waals surface area contributed by atoms with Crippen molar-refractivity contribution in [1.82, 2.24) is 5.32 Å². The van der Waals surface area contributed by atoms with Crippen molar-refractivity contribution in [2.24, 2.45) is 0 Å². The van der Waals surface area contributed by atoms with Crippen LogP contribution < -0.4 is 14.8 Å². The number of hydrogen-bond donors (Lipinski definition) is 1. The van der Waals surface area contributed by atoms with Crippen molar-refractivity contribution in [3.8, 4) is 11.5 Å². The van der Waals surface area contributed by atoms with Gasteiger partial charge in [0.1, 0.15) is 12.4 Å². The van der Waals surface area contributed by atoms with E-state index in [0.29, 0.717) is 40.3 Å². The molecule has 4 nitrogen and oxygen atoms in total. The van der Waals surface area contributed by atoms with Crippen molar-refractivity contribution < 1.29 is 18.6 Å². The van der Waals surface area contributed by atoms with Crippen molar-refractivity contribution in [1.29, 1.82) is 0 Å². The van der Waals surface area contributed by atoms with Gasteiger partial charge < -0.3 is 19.5 Å². The maximum Gasteiger partial charge on any atom is 0.180 e. The predicted octanol–water partition coefficient (Wildman–Crippen LogP) is 5.38. The Kier molecular flexibility index (Phi) is 7.80. The molecule has 0 amide bonds. The lowest BCUT2D eigenvalue weighted by Crippen LogP contribution is -2.25. The van der Waals surface area contributed by atoms with Crippen LogP contribution in [0.1, 0.15) is 30.9 Å². The molecule has 1 fully saturated rings. The molecule has 0 aliphatic carbocycles. The van der Waals surface area contributed by atoms with Gasteiger partial charge in [-0.25, -0.2) is 4.39 Å². The quantitative estimate of drug-likeness (QED) is 0.582. The molecule has 0 unspecified atom stereocenters. The molecule has 28 heavy (non-hydrogen) atoms. The van der Waals surface area contributed by atoms with Gasteiger partial charge in [-0.1, -0.05) is 29.3 Å². The lowest BCUT2D eigenvalue weighted by Gasteiger charge is -2.16. The highest BCUT2D eigenvalue weighted by atomic mass is 35.5. The Morgan fingerprint density at radius 1 is 1.18 bits per heavy atom. The van der Waals surface area contributed by atoms with Gasteiger partial charge in [-0.15, -0.1) is 0 Å². The van der Waals surface area contributed by atoms with Crippen LogP contribution >= 0.6 is 23.2 Å². The molecular weight excluding hydrogens is 404 g/mol. The summed E-state index contributed by atoms with van der Waals surface area (Å²) in [6.07, 6.45) is 2.50. The van der Waals surface area contributed by atoms with Gasteiger partial charge in [0, 0.05) is 25.3 Å². The first kappa shape index (κ1) is 21.2. The van der Waals surface area contributed by atoms with Crippen LogP contribution in [0, 0.1) is 5.82 Å². The molecule has 0 radical (unpaired) electrons. The standard InChI is InChI=1S/C21H24Cl2FNO3/c1-2-26-20-9-14(11-25-12-17-4-3-7-27-17)8-19(23)21(20)28-13-15-5-6-16(24)10-18(15)22/h5-6,8-10,17,25H,2-4,7,11-13H2,1H3/t17-/m1/s1. The normalized spacial score (nSPS) is 16.4.